The number of halogens is 2. The van der Waals surface area contributed by atoms with Crippen LogP contribution < -0.4 is 15.0 Å². The highest BCUT2D eigenvalue weighted by atomic mass is 32.2. The lowest BCUT2D eigenvalue weighted by atomic mass is 10.1. The van der Waals surface area contributed by atoms with E-state index in [9.17, 15) is 8.78 Å². The molecule has 5 nitrogen and oxygen atoms in total. The smallest absolute Gasteiger partial charge is 0.284 e. The number of H-pyrrole nitrogens is 1. The third-order valence-electron chi connectivity index (χ3n) is 4.73. The maximum absolute atomic E-state index is 13.7. The second-order valence-electron chi connectivity index (χ2n) is 6.92. The molecule has 28 heavy (non-hydrogen) atoms. The summed E-state index contributed by atoms with van der Waals surface area (Å²) in [5.74, 6) is 0.150. The van der Waals surface area contributed by atoms with Crippen LogP contribution in [0.4, 0.5) is 14.6 Å². The lowest BCUT2D eigenvalue weighted by Crippen LogP contribution is -2.86. The van der Waals surface area contributed by atoms with Crippen molar-refractivity contribution < 1.29 is 23.8 Å². The van der Waals surface area contributed by atoms with Gasteiger partial charge in [0.25, 0.3) is 5.82 Å². The molecular weight excluding hydrogens is 382 g/mol. The molecular formula is C20H28F2N4OS+2. The van der Waals surface area contributed by atoms with Gasteiger partial charge in [-0.1, -0.05) is 19.1 Å². The van der Waals surface area contributed by atoms with Crippen molar-refractivity contribution in [3.63, 3.8) is 0 Å². The van der Waals surface area contributed by atoms with Gasteiger partial charge < -0.3 is 10.1 Å². The van der Waals surface area contributed by atoms with Gasteiger partial charge in [0, 0.05) is 30.5 Å². The van der Waals surface area contributed by atoms with E-state index in [0.717, 1.165) is 38.4 Å². The van der Waals surface area contributed by atoms with E-state index in [4.69, 9.17) is 4.74 Å². The van der Waals surface area contributed by atoms with Crippen LogP contribution in [-0.2, 0) is 17.8 Å². The first-order valence-corrected chi connectivity index (χ1v) is 10.4. The van der Waals surface area contributed by atoms with Gasteiger partial charge in [-0.3, -0.25) is 0 Å². The normalized spacial score (nSPS) is 18.0. The van der Waals surface area contributed by atoms with E-state index in [-0.39, 0.29) is 18.1 Å². The van der Waals surface area contributed by atoms with Crippen LogP contribution in [0.5, 0.6) is 0 Å². The maximum Gasteiger partial charge on any atom is 0.284 e. The molecule has 1 aromatic heterocycles. The van der Waals surface area contributed by atoms with Crippen molar-refractivity contribution in [1.82, 2.24) is 4.31 Å². The summed E-state index contributed by atoms with van der Waals surface area (Å²) in [7, 11) is 0. The van der Waals surface area contributed by atoms with E-state index < -0.39 is 11.6 Å². The van der Waals surface area contributed by atoms with Crippen molar-refractivity contribution in [2.45, 2.75) is 20.0 Å². The Hall–Kier alpha value is -1.74. The second-order valence-corrected chi connectivity index (χ2v) is 7.82. The topological polar surface area (TPSA) is 55.2 Å². The van der Waals surface area contributed by atoms with Gasteiger partial charge in [0.05, 0.1) is 32.8 Å². The maximum atomic E-state index is 13.7. The van der Waals surface area contributed by atoms with E-state index in [1.807, 2.05) is 12.1 Å². The summed E-state index contributed by atoms with van der Waals surface area (Å²) < 4.78 is 38.7. The number of anilines is 1. The van der Waals surface area contributed by atoms with Gasteiger partial charge >= 0.3 is 0 Å². The Kier molecular flexibility index (Phi) is 8.02. The number of nitrogens with zero attached hydrogens (tertiary/aromatic N) is 1. The summed E-state index contributed by atoms with van der Waals surface area (Å²) in [6, 6.07) is 10.0. The number of hydrogen-bond donors (Lipinski definition) is 2. The van der Waals surface area contributed by atoms with Gasteiger partial charge in [0.15, 0.2) is 0 Å². The highest BCUT2D eigenvalue weighted by molar-refractivity contribution is 7.98. The quantitative estimate of drug-likeness (QED) is 0.654. The summed E-state index contributed by atoms with van der Waals surface area (Å²) in [5, 5.41) is 2.27. The van der Waals surface area contributed by atoms with Gasteiger partial charge in [0.2, 0.25) is 0 Å². The van der Waals surface area contributed by atoms with Crippen LogP contribution in [-0.4, -0.2) is 37.1 Å². The Morgan fingerprint density at radius 2 is 2.04 bits per heavy atom. The minimum absolute atomic E-state index is 0.000609. The Morgan fingerprint density at radius 1 is 1.25 bits per heavy atom. The first-order valence-electron chi connectivity index (χ1n) is 9.67. The average molecular weight is 411 g/mol. The zero-order valence-corrected chi connectivity index (χ0v) is 16.9. The number of ether oxygens (including phenoxy) is 1. The number of rotatable bonds is 8. The lowest BCUT2D eigenvalue weighted by molar-refractivity contribution is -0.656. The van der Waals surface area contributed by atoms with Gasteiger partial charge in [-0.15, -0.1) is 0 Å². The third-order valence-corrected chi connectivity index (χ3v) is 5.63. The molecule has 0 amide bonds. The fraction of sp³-hybridized carbons (Fsp3) is 0.450. The molecule has 152 valence electrons. The van der Waals surface area contributed by atoms with E-state index in [1.54, 1.807) is 12.1 Å². The largest absolute Gasteiger partial charge is 0.376 e. The molecule has 1 saturated heterocycles. The number of aryl methyl sites for hydroxylation is 1. The van der Waals surface area contributed by atoms with Crippen molar-refractivity contribution in [2.75, 3.05) is 37.5 Å². The third kappa shape index (κ3) is 6.13. The molecule has 2 aromatic rings. The van der Waals surface area contributed by atoms with Gasteiger partial charge in [-0.2, -0.15) is 4.72 Å². The van der Waals surface area contributed by atoms with Crippen LogP contribution in [0, 0.1) is 17.6 Å². The fourth-order valence-electron chi connectivity index (χ4n) is 3.14. The Morgan fingerprint density at radius 3 is 2.82 bits per heavy atom. The number of pyridine rings is 1. The van der Waals surface area contributed by atoms with E-state index in [2.05, 4.69) is 32.3 Å². The summed E-state index contributed by atoms with van der Waals surface area (Å²) in [6.07, 6.45) is 0.959. The standard InChI is InChI=1S/C20H26F2N4OS/c1-2-16-5-3-8-20(24-16)25-28-26-10-9-23-11-15(12-26)13-27-14-17-18(21)6-4-7-19(17)22/h3-8,15,23H,2,9-14H2,1H3,(H,24,25)/p+2. The Balaban J connectivity index is 1.48. The summed E-state index contributed by atoms with van der Waals surface area (Å²) >= 11 is 1.58. The molecule has 1 fully saturated rings. The summed E-state index contributed by atoms with van der Waals surface area (Å²) in [5.41, 5.74) is 1.18. The van der Waals surface area contributed by atoms with Crippen molar-refractivity contribution in [2.24, 2.45) is 5.92 Å². The fourth-order valence-corrected chi connectivity index (χ4v) is 3.97. The average Bonchev–Trinajstić information content (AvgIpc) is 2.94. The Labute approximate surface area is 169 Å². The van der Waals surface area contributed by atoms with Crippen molar-refractivity contribution in [3.8, 4) is 0 Å². The molecule has 8 heteroatoms. The number of quaternary nitrogens is 1. The van der Waals surface area contributed by atoms with Crippen LogP contribution in [0.1, 0.15) is 18.2 Å². The molecule has 1 aromatic carbocycles. The van der Waals surface area contributed by atoms with Gasteiger partial charge in [0.1, 0.15) is 29.5 Å². The molecule has 0 bridgehead atoms. The summed E-state index contributed by atoms with van der Waals surface area (Å²) in [4.78, 5) is 3.36. The minimum atomic E-state index is -0.556. The van der Waals surface area contributed by atoms with E-state index in [0.29, 0.717) is 6.61 Å². The number of aromatic amines is 1. The zero-order chi connectivity index (χ0) is 19.8. The number of hydrogen-bond acceptors (Lipinski definition) is 4. The molecule has 2 heterocycles. The molecule has 0 saturated carbocycles. The van der Waals surface area contributed by atoms with Crippen LogP contribution in [0.15, 0.2) is 36.4 Å². The van der Waals surface area contributed by atoms with E-state index >= 15 is 0 Å². The molecule has 0 spiro atoms. The molecule has 0 aliphatic carbocycles. The van der Waals surface area contributed by atoms with Crippen molar-refractivity contribution in [1.29, 1.82) is 0 Å². The number of aromatic nitrogens is 1. The van der Waals surface area contributed by atoms with Gasteiger partial charge in [-0.25, -0.2) is 18.1 Å². The first-order chi connectivity index (χ1) is 13.7. The predicted molar refractivity (Wildman–Crippen MR) is 106 cm³/mol. The highest BCUT2D eigenvalue weighted by Crippen LogP contribution is 2.17. The second kappa shape index (κ2) is 10.7. The molecule has 3 rings (SSSR count). The zero-order valence-electron chi connectivity index (χ0n) is 16.1. The molecule has 1 atom stereocenters. The molecule has 4 N–H and O–H groups in total. The molecule has 1 aliphatic heterocycles. The van der Waals surface area contributed by atoms with Crippen molar-refractivity contribution >= 4 is 18.0 Å². The monoisotopic (exact) mass is 410 g/mol. The Bertz CT molecular complexity index is 744. The van der Waals surface area contributed by atoms with Crippen LogP contribution in [0.25, 0.3) is 0 Å². The SMILES string of the molecule is CCc1cccc(NSN2CC[NH2+]CC(COCc3c(F)cccc3F)C2)[nH+]1. The van der Waals surface area contributed by atoms with Crippen LogP contribution in [0.3, 0.4) is 0 Å². The molecule has 1 aliphatic rings. The predicted octanol–water partition coefficient (Wildman–Crippen LogP) is 2.03. The highest BCUT2D eigenvalue weighted by Gasteiger charge is 2.23. The number of nitrogens with one attached hydrogen (secondary N) is 2. The van der Waals surface area contributed by atoms with Gasteiger partial charge in [-0.05, 0) is 18.2 Å². The molecule has 1 unspecified atom stereocenters. The first kappa shape index (κ1) is 21.0. The lowest BCUT2D eigenvalue weighted by Gasteiger charge is -2.19. The van der Waals surface area contributed by atoms with Crippen LogP contribution >= 0.6 is 12.1 Å². The number of benzene rings is 1. The van der Waals surface area contributed by atoms with E-state index in [1.165, 1.54) is 23.9 Å². The number of nitrogens with two attached hydrogens (primary N) is 1. The molecule has 0 radical (unpaired) electrons. The summed E-state index contributed by atoms with van der Waals surface area (Å²) in [6.45, 7) is 6.29. The van der Waals surface area contributed by atoms with Crippen LogP contribution in [0.2, 0.25) is 0 Å². The van der Waals surface area contributed by atoms with Crippen molar-refractivity contribution in [3.05, 3.63) is 59.3 Å². The minimum Gasteiger partial charge on any atom is -0.376 e.